The zero-order chi connectivity index (χ0) is 15.3. The van der Waals surface area contributed by atoms with Crippen LogP contribution in [0.4, 0.5) is 4.79 Å². The topological polar surface area (TPSA) is 91.6 Å². The number of carbonyl (C=O) groups excluding carboxylic acids is 1. The molecule has 6 heteroatoms. The van der Waals surface area contributed by atoms with E-state index < -0.39 is 18.0 Å². The van der Waals surface area contributed by atoms with Crippen LogP contribution in [0.25, 0.3) is 0 Å². The van der Waals surface area contributed by atoms with E-state index in [-0.39, 0.29) is 12.0 Å². The van der Waals surface area contributed by atoms with Gasteiger partial charge in [0, 0.05) is 0 Å². The molecule has 2 unspecified atom stereocenters. The molecule has 1 aromatic rings. The number of aliphatic carboxylic acids is 1. The van der Waals surface area contributed by atoms with Crippen LogP contribution in [0.1, 0.15) is 44.8 Å². The summed E-state index contributed by atoms with van der Waals surface area (Å²) in [6.45, 7) is 7.41. The Labute approximate surface area is 118 Å². The lowest BCUT2D eigenvalue weighted by atomic mass is 10.0. The molecule has 1 rings (SSSR count). The van der Waals surface area contributed by atoms with Gasteiger partial charge in [0.15, 0.2) is 0 Å². The molecule has 0 bridgehead atoms. The highest BCUT2D eigenvalue weighted by atomic mass is 16.4. The molecule has 0 radical (unpaired) electrons. The molecule has 2 atom stereocenters. The number of nitrogens with one attached hydrogen (secondary N) is 2. The van der Waals surface area contributed by atoms with Gasteiger partial charge in [0.05, 0.1) is 6.04 Å². The van der Waals surface area contributed by atoms with Gasteiger partial charge in [-0.25, -0.2) is 9.59 Å². The van der Waals surface area contributed by atoms with E-state index in [0.717, 1.165) is 5.76 Å². The summed E-state index contributed by atoms with van der Waals surface area (Å²) in [4.78, 5) is 22.9. The van der Waals surface area contributed by atoms with E-state index in [2.05, 4.69) is 10.6 Å². The number of furan rings is 1. The molecular weight excluding hydrogens is 260 g/mol. The Morgan fingerprint density at radius 2 is 1.90 bits per heavy atom. The molecule has 20 heavy (non-hydrogen) atoms. The number of amides is 2. The quantitative estimate of drug-likeness (QED) is 0.747. The normalized spacial score (nSPS) is 13.8. The zero-order valence-corrected chi connectivity index (χ0v) is 12.3. The fourth-order valence-corrected chi connectivity index (χ4v) is 1.85. The number of aryl methyl sites for hydroxylation is 1. The Kier molecular flexibility index (Phi) is 5.61. The van der Waals surface area contributed by atoms with Crippen molar-refractivity contribution in [2.75, 3.05) is 0 Å². The van der Waals surface area contributed by atoms with Crippen molar-refractivity contribution in [3.8, 4) is 0 Å². The summed E-state index contributed by atoms with van der Waals surface area (Å²) in [5.74, 6) is 0.544. The standard InChI is InChI=1S/C14H22N2O4/c1-8(2)7-11(13(17)18)16-14(19)15-10(4)12-6-5-9(3)20-12/h5-6,8,10-11H,7H2,1-4H3,(H,17,18)(H2,15,16,19). The van der Waals surface area contributed by atoms with Crippen LogP contribution >= 0.6 is 0 Å². The molecule has 3 N–H and O–H groups in total. The maximum atomic E-state index is 11.8. The van der Waals surface area contributed by atoms with E-state index in [4.69, 9.17) is 9.52 Å². The minimum atomic E-state index is -1.03. The molecular formula is C14H22N2O4. The third-order valence-electron chi connectivity index (χ3n) is 2.85. The predicted molar refractivity (Wildman–Crippen MR) is 74.4 cm³/mol. The van der Waals surface area contributed by atoms with Crippen LogP contribution in [0.15, 0.2) is 16.5 Å². The number of rotatable bonds is 6. The third kappa shape index (κ3) is 4.95. The third-order valence-corrected chi connectivity index (χ3v) is 2.85. The van der Waals surface area contributed by atoms with Gasteiger partial charge in [-0.2, -0.15) is 0 Å². The largest absolute Gasteiger partial charge is 0.480 e. The van der Waals surface area contributed by atoms with Crippen molar-refractivity contribution in [2.45, 2.75) is 46.2 Å². The first-order valence-corrected chi connectivity index (χ1v) is 6.65. The van der Waals surface area contributed by atoms with Crippen LogP contribution < -0.4 is 10.6 Å². The molecule has 0 saturated carbocycles. The minimum absolute atomic E-state index is 0.182. The lowest BCUT2D eigenvalue weighted by molar-refractivity contribution is -0.139. The van der Waals surface area contributed by atoms with E-state index in [1.165, 1.54) is 0 Å². The summed E-state index contributed by atoms with van der Waals surface area (Å²) < 4.78 is 5.40. The Hall–Kier alpha value is -1.98. The van der Waals surface area contributed by atoms with Gasteiger partial charge in [0.2, 0.25) is 0 Å². The molecule has 0 aliphatic rings. The van der Waals surface area contributed by atoms with E-state index >= 15 is 0 Å². The molecule has 1 heterocycles. The minimum Gasteiger partial charge on any atom is -0.480 e. The van der Waals surface area contributed by atoms with E-state index in [9.17, 15) is 9.59 Å². The number of hydrogen-bond donors (Lipinski definition) is 3. The molecule has 0 spiro atoms. The van der Waals surface area contributed by atoms with Gasteiger partial charge in [-0.15, -0.1) is 0 Å². The first-order chi connectivity index (χ1) is 9.29. The Morgan fingerprint density at radius 3 is 2.35 bits per heavy atom. The molecule has 6 nitrogen and oxygen atoms in total. The zero-order valence-electron chi connectivity index (χ0n) is 12.3. The van der Waals surface area contributed by atoms with Crippen molar-refractivity contribution in [3.63, 3.8) is 0 Å². The molecule has 2 amide bonds. The van der Waals surface area contributed by atoms with Crippen LogP contribution in [-0.4, -0.2) is 23.1 Å². The van der Waals surface area contributed by atoms with Gasteiger partial charge in [-0.3, -0.25) is 0 Å². The second-order valence-electron chi connectivity index (χ2n) is 5.31. The highest BCUT2D eigenvalue weighted by Crippen LogP contribution is 2.15. The van der Waals surface area contributed by atoms with Gasteiger partial charge in [-0.05, 0) is 38.3 Å². The van der Waals surface area contributed by atoms with Crippen molar-refractivity contribution in [2.24, 2.45) is 5.92 Å². The Balaban J connectivity index is 2.55. The summed E-state index contributed by atoms with van der Waals surface area (Å²) in [6, 6.07) is 1.87. The van der Waals surface area contributed by atoms with Crippen LogP contribution in [0, 0.1) is 12.8 Å². The average molecular weight is 282 g/mol. The highest BCUT2D eigenvalue weighted by Gasteiger charge is 2.22. The van der Waals surface area contributed by atoms with Crippen LogP contribution in [-0.2, 0) is 4.79 Å². The van der Waals surface area contributed by atoms with Gasteiger partial charge < -0.3 is 20.2 Å². The average Bonchev–Trinajstić information content (AvgIpc) is 2.74. The van der Waals surface area contributed by atoms with Crippen molar-refractivity contribution in [1.82, 2.24) is 10.6 Å². The van der Waals surface area contributed by atoms with Gasteiger partial charge >= 0.3 is 12.0 Å². The summed E-state index contributed by atoms with van der Waals surface area (Å²) in [5, 5.41) is 14.2. The highest BCUT2D eigenvalue weighted by molar-refractivity contribution is 5.82. The maximum Gasteiger partial charge on any atom is 0.326 e. The number of carboxylic acids is 1. The first-order valence-electron chi connectivity index (χ1n) is 6.65. The van der Waals surface area contributed by atoms with Gasteiger partial charge in [0.1, 0.15) is 17.6 Å². The lowest BCUT2D eigenvalue weighted by Crippen LogP contribution is -2.47. The van der Waals surface area contributed by atoms with Crippen molar-refractivity contribution < 1.29 is 19.1 Å². The van der Waals surface area contributed by atoms with E-state index in [0.29, 0.717) is 12.2 Å². The number of carboxylic acid groups (broad SMARTS) is 1. The Morgan fingerprint density at radius 1 is 1.25 bits per heavy atom. The predicted octanol–water partition coefficient (Wildman–Crippen LogP) is 2.45. The van der Waals surface area contributed by atoms with E-state index in [1.54, 1.807) is 13.0 Å². The van der Waals surface area contributed by atoms with Gasteiger partial charge in [-0.1, -0.05) is 13.8 Å². The summed E-state index contributed by atoms with van der Waals surface area (Å²) in [6.07, 6.45) is 0.386. The molecule has 0 aromatic carbocycles. The monoisotopic (exact) mass is 282 g/mol. The SMILES string of the molecule is Cc1ccc(C(C)NC(=O)NC(CC(C)C)C(=O)O)o1. The lowest BCUT2D eigenvalue weighted by Gasteiger charge is -2.18. The van der Waals surface area contributed by atoms with E-state index in [1.807, 2.05) is 26.8 Å². The number of carbonyl (C=O) groups is 2. The molecule has 0 aliphatic carbocycles. The molecule has 0 saturated heterocycles. The fraction of sp³-hybridized carbons (Fsp3) is 0.571. The summed E-state index contributed by atoms with van der Waals surface area (Å²) in [5.41, 5.74) is 0. The van der Waals surface area contributed by atoms with Crippen molar-refractivity contribution in [1.29, 1.82) is 0 Å². The first kappa shape index (κ1) is 16.1. The molecule has 0 fully saturated rings. The smallest absolute Gasteiger partial charge is 0.326 e. The summed E-state index contributed by atoms with van der Waals surface area (Å²) in [7, 11) is 0. The molecule has 0 aliphatic heterocycles. The molecule has 112 valence electrons. The fourth-order valence-electron chi connectivity index (χ4n) is 1.85. The van der Waals surface area contributed by atoms with Crippen LogP contribution in [0.5, 0.6) is 0 Å². The number of hydrogen-bond acceptors (Lipinski definition) is 3. The van der Waals surface area contributed by atoms with Crippen LogP contribution in [0.3, 0.4) is 0 Å². The second kappa shape index (κ2) is 6.98. The Bertz CT molecular complexity index is 467. The van der Waals surface area contributed by atoms with Crippen molar-refractivity contribution >= 4 is 12.0 Å². The second-order valence-corrected chi connectivity index (χ2v) is 5.31. The maximum absolute atomic E-state index is 11.8. The van der Waals surface area contributed by atoms with Gasteiger partial charge in [0.25, 0.3) is 0 Å². The summed E-state index contributed by atoms with van der Waals surface area (Å²) >= 11 is 0. The van der Waals surface area contributed by atoms with Crippen molar-refractivity contribution in [3.05, 3.63) is 23.7 Å². The van der Waals surface area contributed by atoms with Crippen LogP contribution in [0.2, 0.25) is 0 Å². The number of urea groups is 1. The molecule has 1 aromatic heterocycles.